The van der Waals surface area contributed by atoms with Crippen LogP contribution in [0.15, 0.2) is 48.5 Å². The Hall–Kier alpha value is -2.99. The van der Waals surface area contributed by atoms with Gasteiger partial charge in [-0.3, -0.25) is 9.59 Å². The molecule has 0 aliphatic carbocycles. The molecular weight excluding hydrogens is 351 g/mol. The van der Waals surface area contributed by atoms with Gasteiger partial charge in [0.1, 0.15) is 10.8 Å². The third kappa shape index (κ3) is 3.36. The van der Waals surface area contributed by atoms with Crippen LogP contribution in [0, 0.1) is 19.7 Å². The lowest BCUT2D eigenvalue weighted by Gasteiger charge is -2.07. The van der Waals surface area contributed by atoms with Crippen molar-refractivity contribution in [3.8, 4) is 11.1 Å². The van der Waals surface area contributed by atoms with E-state index in [0.29, 0.717) is 16.1 Å². The van der Waals surface area contributed by atoms with Crippen molar-refractivity contribution in [1.82, 2.24) is 0 Å². The molecule has 0 aliphatic rings. The van der Waals surface area contributed by atoms with Crippen LogP contribution in [0.2, 0.25) is 0 Å². The van der Waals surface area contributed by atoms with Crippen molar-refractivity contribution in [1.29, 1.82) is 0 Å². The van der Waals surface area contributed by atoms with Gasteiger partial charge < -0.3 is 11.1 Å². The van der Waals surface area contributed by atoms with Crippen LogP contribution < -0.4 is 11.1 Å². The van der Waals surface area contributed by atoms with E-state index in [1.165, 1.54) is 29.5 Å². The average molecular weight is 368 g/mol. The lowest BCUT2D eigenvalue weighted by Crippen LogP contribution is -2.17. The Morgan fingerprint density at radius 1 is 1.08 bits per heavy atom. The van der Waals surface area contributed by atoms with Crippen LogP contribution in [0.25, 0.3) is 11.1 Å². The van der Waals surface area contributed by atoms with Gasteiger partial charge >= 0.3 is 0 Å². The van der Waals surface area contributed by atoms with E-state index < -0.39 is 17.6 Å². The minimum Gasteiger partial charge on any atom is -0.365 e. The van der Waals surface area contributed by atoms with E-state index in [4.69, 9.17) is 5.73 Å². The molecule has 0 saturated heterocycles. The van der Waals surface area contributed by atoms with Gasteiger partial charge in [0.15, 0.2) is 0 Å². The van der Waals surface area contributed by atoms with E-state index in [2.05, 4.69) is 5.32 Å². The summed E-state index contributed by atoms with van der Waals surface area (Å²) in [5.41, 5.74) is 8.02. The maximum absolute atomic E-state index is 13.7. The van der Waals surface area contributed by atoms with Crippen LogP contribution in [0.3, 0.4) is 0 Å². The first kappa shape index (κ1) is 17.8. The van der Waals surface area contributed by atoms with Crippen LogP contribution in [0.1, 0.15) is 31.2 Å². The first-order valence-electron chi connectivity index (χ1n) is 7.94. The van der Waals surface area contributed by atoms with Gasteiger partial charge in [-0.2, -0.15) is 0 Å². The van der Waals surface area contributed by atoms with Gasteiger partial charge in [-0.1, -0.05) is 36.4 Å². The molecule has 3 rings (SSSR count). The minimum atomic E-state index is -0.626. The number of carbonyl (C=O) groups excluding carboxylic acids is 2. The summed E-state index contributed by atoms with van der Waals surface area (Å²) in [5.74, 6) is -1.58. The summed E-state index contributed by atoms with van der Waals surface area (Å²) in [6, 6.07) is 13.6. The van der Waals surface area contributed by atoms with E-state index in [-0.39, 0.29) is 11.1 Å². The number of aryl methyl sites for hydroxylation is 2. The summed E-state index contributed by atoms with van der Waals surface area (Å²) in [6.45, 7) is 3.48. The SMILES string of the molecule is Cc1ccc(C(=O)Nc2sc(C)c(-c3ccccc3)c2C(N)=O)cc1F. The van der Waals surface area contributed by atoms with Crippen molar-refractivity contribution in [2.75, 3.05) is 5.32 Å². The van der Waals surface area contributed by atoms with Crippen molar-refractivity contribution < 1.29 is 14.0 Å². The molecule has 4 nitrogen and oxygen atoms in total. The monoisotopic (exact) mass is 368 g/mol. The van der Waals surface area contributed by atoms with Crippen LogP contribution in [-0.2, 0) is 0 Å². The van der Waals surface area contributed by atoms with E-state index >= 15 is 0 Å². The number of nitrogens with two attached hydrogens (primary N) is 1. The van der Waals surface area contributed by atoms with Crippen LogP contribution in [0.4, 0.5) is 9.39 Å². The summed E-state index contributed by atoms with van der Waals surface area (Å²) in [7, 11) is 0. The Morgan fingerprint density at radius 2 is 1.77 bits per heavy atom. The molecule has 3 aromatic rings. The van der Waals surface area contributed by atoms with Gasteiger partial charge in [-0.25, -0.2) is 4.39 Å². The van der Waals surface area contributed by atoms with Gasteiger partial charge in [0.05, 0.1) is 5.56 Å². The summed E-state index contributed by atoms with van der Waals surface area (Å²) < 4.78 is 13.7. The summed E-state index contributed by atoms with van der Waals surface area (Å²) in [5, 5.41) is 3.06. The highest BCUT2D eigenvalue weighted by atomic mass is 32.1. The molecule has 3 N–H and O–H groups in total. The minimum absolute atomic E-state index is 0.177. The van der Waals surface area contributed by atoms with E-state index in [1.807, 2.05) is 37.3 Å². The molecule has 26 heavy (non-hydrogen) atoms. The van der Waals surface area contributed by atoms with Crippen molar-refractivity contribution in [3.05, 3.63) is 75.9 Å². The van der Waals surface area contributed by atoms with Gasteiger partial charge in [-0.05, 0) is 37.1 Å². The largest absolute Gasteiger partial charge is 0.365 e. The predicted octanol–water partition coefficient (Wildman–Crippen LogP) is 4.52. The van der Waals surface area contributed by atoms with Crippen LogP contribution in [-0.4, -0.2) is 11.8 Å². The lowest BCUT2D eigenvalue weighted by molar-refractivity contribution is 0.100. The molecule has 0 spiro atoms. The summed E-state index contributed by atoms with van der Waals surface area (Å²) >= 11 is 1.27. The molecule has 0 radical (unpaired) electrons. The highest BCUT2D eigenvalue weighted by Gasteiger charge is 2.23. The normalized spacial score (nSPS) is 10.6. The van der Waals surface area contributed by atoms with Gasteiger partial charge in [0, 0.05) is 16.0 Å². The second-order valence-electron chi connectivity index (χ2n) is 5.89. The standard InChI is InChI=1S/C20H17FN2O2S/c1-11-8-9-14(10-15(11)21)19(25)23-20-17(18(22)24)16(12(2)26-20)13-6-4-3-5-7-13/h3-10H,1-2H3,(H2,22,24)(H,23,25). The number of rotatable bonds is 4. The number of amides is 2. The number of thiophene rings is 1. The van der Waals surface area contributed by atoms with E-state index in [9.17, 15) is 14.0 Å². The molecule has 2 aromatic carbocycles. The quantitative estimate of drug-likeness (QED) is 0.710. The second kappa shape index (κ2) is 7.09. The Bertz CT molecular complexity index is 997. The smallest absolute Gasteiger partial charge is 0.256 e. The van der Waals surface area contributed by atoms with Gasteiger partial charge in [0.25, 0.3) is 11.8 Å². The predicted molar refractivity (Wildman–Crippen MR) is 102 cm³/mol. The molecule has 0 fully saturated rings. The molecular formula is C20H17FN2O2S. The molecule has 0 unspecified atom stereocenters. The fourth-order valence-corrected chi connectivity index (χ4v) is 3.81. The van der Waals surface area contributed by atoms with Crippen LogP contribution in [0.5, 0.6) is 0 Å². The zero-order chi connectivity index (χ0) is 18.8. The average Bonchev–Trinajstić information content (AvgIpc) is 2.94. The second-order valence-corrected chi connectivity index (χ2v) is 7.11. The molecule has 0 atom stereocenters. The Labute approximate surface area is 154 Å². The van der Waals surface area contributed by atoms with Crippen molar-refractivity contribution in [2.24, 2.45) is 5.73 Å². The summed E-state index contributed by atoms with van der Waals surface area (Å²) in [6.07, 6.45) is 0. The molecule has 1 heterocycles. The Morgan fingerprint density at radius 3 is 2.38 bits per heavy atom. The molecule has 0 saturated carbocycles. The molecule has 132 valence electrons. The Balaban J connectivity index is 2.02. The highest BCUT2D eigenvalue weighted by Crippen LogP contribution is 2.39. The topological polar surface area (TPSA) is 72.2 Å². The number of anilines is 1. The first-order chi connectivity index (χ1) is 12.4. The van der Waals surface area contributed by atoms with E-state index in [1.54, 1.807) is 6.92 Å². The van der Waals surface area contributed by atoms with Crippen molar-refractivity contribution in [2.45, 2.75) is 13.8 Å². The fourth-order valence-electron chi connectivity index (χ4n) is 2.73. The molecule has 1 aromatic heterocycles. The zero-order valence-corrected chi connectivity index (χ0v) is 15.1. The van der Waals surface area contributed by atoms with Crippen molar-refractivity contribution in [3.63, 3.8) is 0 Å². The molecule has 2 amide bonds. The molecule has 0 bridgehead atoms. The maximum atomic E-state index is 13.7. The van der Waals surface area contributed by atoms with Crippen LogP contribution >= 0.6 is 11.3 Å². The summed E-state index contributed by atoms with van der Waals surface area (Å²) in [4.78, 5) is 25.4. The number of hydrogen-bond acceptors (Lipinski definition) is 3. The number of benzene rings is 2. The third-order valence-electron chi connectivity index (χ3n) is 4.05. The lowest BCUT2D eigenvalue weighted by atomic mass is 10.0. The van der Waals surface area contributed by atoms with E-state index in [0.717, 1.165) is 10.4 Å². The number of nitrogens with one attached hydrogen (secondary N) is 1. The third-order valence-corrected chi connectivity index (χ3v) is 5.07. The molecule has 0 aliphatic heterocycles. The fraction of sp³-hybridized carbons (Fsp3) is 0.100. The van der Waals surface area contributed by atoms with Crippen molar-refractivity contribution >= 4 is 28.2 Å². The Kier molecular flexibility index (Phi) is 4.86. The zero-order valence-electron chi connectivity index (χ0n) is 14.3. The number of halogens is 1. The number of carbonyl (C=O) groups is 2. The van der Waals surface area contributed by atoms with Gasteiger partial charge in [0.2, 0.25) is 0 Å². The first-order valence-corrected chi connectivity index (χ1v) is 8.76. The maximum Gasteiger partial charge on any atom is 0.256 e. The number of hydrogen-bond donors (Lipinski definition) is 2. The molecule has 6 heteroatoms. The highest BCUT2D eigenvalue weighted by molar-refractivity contribution is 7.17. The van der Waals surface area contributed by atoms with Gasteiger partial charge in [-0.15, -0.1) is 11.3 Å². The number of primary amides is 1.